The number of aromatic nitrogens is 2. The van der Waals surface area contributed by atoms with Crippen LogP contribution in [0.25, 0.3) is 0 Å². The van der Waals surface area contributed by atoms with E-state index in [0.29, 0.717) is 11.4 Å². The predicted molar refractivity (Wildman–Crippen MR) is 87.3 cm³/mol. The molecule has 26 heavy (non-hydrogen) atoms. The summed E-state index contributed by atoms with van der Waals surface area (Å²) < 4.78 is 56.8. The number of nitrogens with zero attached hydrogens (tertiary/aromatic N) is 2. The number of benzene rings is 2. The zero-order valence-corrected chi connectivity index (χ0v) is 13.3. The van der Waals surface area contributed by atoms with Crippen molar-refractivity contribution in [1.82, 2.24) is 9.97 Å². The maximum Gasteiger partial charge on any atom is 0.416 e. The molecule has 1 aromatic heterocycles. The minimum absolute atomic E-state index is 0.139. The highest BCUT2D eigenvalue weighted by atomic mass is 19.4. The van der Waals surface area contributed by atoms with E-state index in [1.54, 1.807) is 12.1 Å². The Balaban J connectivity index is 1.68. The Morgan fingerprint density at radius 3 is 2.54 bits per heavy atom. The van der Waals surface area contributed by atoms with Gasteiger partial charge in [-0.1, -0.05) is 18.2 Å². The van der Waals surface area contributed by atoms with Crippen molar-refractivity contribution in [1.29, 1.82) is 0 Å². The Morgan fingerprint density at radius 2 is 1.77 bits per heavy atom. The fourth-order valence-corrected chi connectivity index (χ4v) is 2.19. The van der Waals surface area contributed by atoms with Gasteiger partial charge in [-0.3, -0.25) is 0 Å². The quantitative estimate of drug-likeness (QED) is 0.645. The van der Waals surface area contributed by atoms with Gasteiger partial charge < -0.3 is 10.1 Å². The lowest BCUT2D eigenvalue weighted by molar-refractivity contribution is -0.137. The molecule has 8 heteroatoms. The van der Waals surface area contributed by atoms with Gasteiger partial charge in [0.05, 0.1) is 5.56 Å². The Morgan fingerprint density at radius 1 is 0.962 bits per heavy atom. The van der Waals surface area contributed by atoms with Gasteiger partial charge in [0.1, 0.15) is 23.7 Å². The number of alkyl halides is 3. The minimum Gasteiger partial charge on any atom is -0.439 e. The molecular weight excluding hydrogens is 350 g/mol. The largest absolute Gasteiger partial charge is 0.439 e. The first-order valence-corrected chi connectivity index (χ1v) is 7.55. The Kier molecular flexibility index (Phi) is 5.01. The lowest BCUT2D eigenvalue weighted by Crippen LogP contribution is -2.07. The third-order valence-electron chi connectivity index (χ3n) is 3.39. The molecule has 0 atom stereocenters. The zero-order chi connectivity index (χ0) is 18.6. The number of halogens is 4. The van der Waals surface area contributed by atoms with Gasteiger partial charge in [-0.15, -0.1) is 0 Å². The van der Waals surface area contributed by atoms with Crippen LogP contribution < -0.4 is 10.1 Å². The third-order valence-corrected chi connectivity index (χ3v) is 3.39. The molecule has 0 saturated heterocycles. The lowest BCUT2D eigenvalue weighted by atomic mass is 10.1. The van der Waals surface area contributed by atoms with Gasteiger partial charge in [0.2, 0.25) is 5.88 Å². The summed E-state index contributed by atoms with van der Waals surface area (Å²) in [5.74, 6) is 0.368. The standard InChI is InChI=1S/C18H13F4N3O/c19-14-5-2-6-15(8-14)26-17-9-16(24-11-25-17)23-10-12-3-1-4-13(7-12)18(20,21)22/h1-9,11H,10H2,(H,23,24,25). The number of hydrogen-bond acceptors (Lipinski definition) is 4. The van der Waals surface area contributed by atoms with Crippen LogP contribution in [-0.2, 0) is 12.7 Å². The molecule has 3 aromatic rings. The number of nitrogens with one attached hydrogen (secondary N) is 1. The smallest absolute Gasteiger partial charge is 0.416 e. The topological polar surface area (TPSA) is 47.0 Å². The summed E-state index contributed by atoms with van der Waals surface area (Å²) in [6.45, 7) is 0.139. The first kappa shape index (κ1) is 17.7. The van der Waals surface area contributed by atoms with Crippen LogP contribution >= 0.6 is 0 Å². The molecular formula is C18H13F4N3O. The third kappa shape index (κ3) is 4.69. The van der Waals surface area contributed by atoms with Crippen molar-refractivity contribution in [3.05, 3.63) is 77.9 Å². The van der Waals surface area contributed by atoms with Gasteiger partial charge >= 0.3 is 6.18 Å². The zero-order valence-electron chi connectivity index (χ0n) is 13.3. The van der Waals surface area contributed by atoms with Crippen molar-refractivity contribution in [3.63, 3.8) is 0 Å². The van der Waals surface area contributed by atoms with Crippen molar-refractivity contribution in [3.8, 4) is 11.6 Å². The van der Waals surface area contributed by atoms with Crippen LogP contribution in [0.1, 0.15) is 11.1 Å². The second kappa shape index (κ2) is 7.38. The summed E-state index contributed by atoms with van der Waals surface area (Å²) in [6.07, 6.45) is -3.15. The number of ether oxygens (including phenoxy) is 1. The molecule has 0 spiro atoms. The van der Waals surface area contributed by atoms with E-state index in [1.807, 2.05) is 0 Å². The first-order valence-electron chi connectivity index (χ1n) is 7.55. The molecule has 0 saturated carbocycles. The van der Waals surface area contributed by atoms with E-state index in [0.717, 1.165) is 12.1 Å². The molecule has 0 bridgehead atoms. The summed E-state index contributed by atoms with van der Waals surface area (Å²) in [5.41, 5.74) is -0.263. The van der Waals surface area contributed by atoms with Gasteiger partial charge in [0, 0.05) is 18.7 Å². The van der Waals surface area contributed by atoms with E-state index in [2.05, 4.69) is 15.3 Å². The maximum atomic E-state index is 13.2. The van der Waals surface area contributed by atoms with Crippen molar-refractivity contribution in [2.75, 3.05) is 5.32 Å². The fourth-order valence-electron chi connectivity index (χ4n) is 2.19. The molecule has 2 aromatic carbocycles. The first-order chi connectivity index (χ1) is 12.4. The van der Waals surface area contributed by atoms with Gasteiger partial charge in [-0.2, -0.15) is 13.2 Å². The molecule has 0 amide bonds. The molecule has 0 aliphatic heterocycles. The summed E-state index contributed by atoms with van der Waals surface area (Å²) in [6, 6.07) is 12.0. The number of anilines is 1. The number of rotatable bonds is 5. The molecule has 1 N–H and O–H groups in total. The van der Waals surface area contributed by atoms with E-state index >= 15 is 0 Å². The van der Waals surface area contributed by atoms with Crippen molar-refractivity contribution >= 4 is 5.82 Å². The second-order valence-corrected chi connectivity index (χ2v) is 5.35. The molecule has 4 nitrogen and oxygen atoms in total. The van der Waals surface area contributed by atoms with Crippen molar-refractivity contribution < 1.29 is 22.3 Å². The van der Waals surface area contributed by atoms with Gasteiger partial charge in [-0.05, 0) is 29.8 Å². The van der Waals surface area contributed by atoms with E-state index in [9.17, 15) is 17.6 Å². The normalized spacial score (nSPS) is 11.2. The molecule has 1 heterocycles. The van der Waals surface area contributed by atoms with Crippen LogP contribution in [0.3, 0.4) is 0 Å². The fraction of sp³-hybridized carbons (Fsp3) is 0.111. The monoisotopic (exact) mass is 363 g/mol. The van der Waals surface area contributed by atoms with Gasteiger partial charge in [-0.25, -0.2) is 14.4 Å². The van der Waals surface area contributed by atoms with E-state index in [-0.39, 0.29) is 18.2 Å². The highest BCUT2D eigenvalue weighted by molar-refractivity contribution is 5.40. The van der Waals surface area contributed by atoms with Crippen molar-refractivity contribution in [2.45, 2.75) is 12.7 Å². The molecule has 134 valence electrons. The lowest BCUT2D eigenvalue weighted by Gasteiger charge is -2.10. The Bertz CT molecular complexity index is 899. The summed E-state index contributed by atoms with van der Waals surface area (Å²) in [7, 11) is 0. The van der Waals surface area contributed by atoms with E-state index in [1.165, 1.54) is 36.7 Å². The average Bonchev–Trinajstić information content (AvgIpc) is 2.60. The van der Waals surface area contributed by atoms with Crippen LogP contribution in [-0.4, -0.2) is 9.97 Å². The second-order valence-electron chi connectivity index (χ2n) is 5.35. The highest BCUT2D eigenvalue weighted by Gasteiger charge is 2.30. The van der Waals surface area contributed by atoms with Crippen molar-refractivity contribution in [2.24, 2.45) is 0 Å². The predicted octanol–water partition coefficient (Wildman–Crippen LogP) is 5.04. The summed E-state index contributed by atoms with van der Waals surface area (Å²) in [5, 5.41) is 2.90. The van der Waals surface area contributed by atoms with Crippen LogP contribution in [0.5, 0.6) is 11.6 Å². The molecule has 0 aliphatic carbocycles. The highest BCUT2D eigenvalue weighted by Crippen LogP contribution is 2.29. The van der Waals surface area contributed by atoms with Crippen LogP contribution in [0.4, 0.5) is 23.4 Å². The van der Waals surface area contributed by atoms with Crippen LogP contribution in [0, 0.1) is 5.82 Å². The molecule has 0 radical (unpaired) electrons. The minimum atomic E-state index is -4.39. The maximum absolute atomic E-state index is 13.2. The number of hydrogen-bond donors (Lipinski definition) is 1. The van der Waals surface area contributed by atoms with Gasteiger partial charge in [0.25, 0.3) is 0 Å². The van der Waals surface area contributed by atoms with E-state index in [4.69, 9.17) is 4.74 Å². The summed E-state index contributed by atoms with van der Waals surface area (Å²) in [4.78, 5) is 7.91. The summed E-state index contributed by atoms with van der Waals surface area (Å²) >= 11 is 0. The SMILES string of the molecule is Fc1cccc(Oc2cc(NCc3cccc(C(F)(F)F)c3)ncn2)c1. The van der Waals surface area contributed by atoms with Crippen LogP contribution in [0.2, 0.25) is 0 Å². The average molecular weight is 363 g/mol. The Labute approximate surface area is 146 Å². The molecule has 0 aliphatic rings. The van der Waals surface area contributed by atoms with Crippen LogP contribution in [0.15, 0.2) is 60.9 Å². The van der Waals surface area contributed by atoms with Gasteiger partial charge in [0.15, 0.2) is 0 Å². The Hall–Kier alpha value is -3.16. The van der Waals surface area contributed by atoms with E-state index < -0.39 is 17.6 Å². The molecule has 0 fully saturated rings. The molecule has 0 unspecified atom stereocenters. The molecule has 3 rings (SSSR count).